The van der Waals surface area contributed by atoms with Crippen molar-refractivity contribution in [3.63, 3.8) is 0 Å². The number of primary sulfonamides is 1. The zero-order valence-corrected chi connectivity index (χ0v) is 17.7. The summed E-state index contributed by atoms with van der Waals surface area (Å²) >= 11 is 1.44. The summed E-state index contributed by atoms with van der Waals surface area (Å²) in [4.78, 5) is 26.3. The summed E-state index contributed by atoms with van der Waals surface area (Å²) in [6.07, 6.45) is 2.64. The van der Waals surface area contributed by atoms with Gasteiger partial charge < -0.3 is 15.1 Å². The fourth-order valence-corrected chi connectivity index (χ4v) is 5.42. The largest absolute Gasteiger partial charge is 0.477 e. The van der Waals surface area contributed by atoms with Crippen LogP contribution in [0.4, 0.5) is 0 Å². The number of hydrogen-bond acceptors (Lipinski definition) is 6. The van der Waals surface area contributed by atoms with Crippen molar-refractivity contribution in [3.8, 4) is 0 Å². The number of thioether (sulfide) groups is 1. The molecule has 1 fully saturated rings. The molecule has 29 heavy (non-hydrogen) atoms. The molecule has 158 valence electrons. The third-order valence-electron chi connectivity index (χ3n) is 5.41. The fourth-order valence-electron chi connectivity index (χ4n) is 3.92. The zero-order valence-electron chi connectivity index (χ0n) is 16.1. The Kier molecular flexibility index (Phi) is 6.04. The van der Waals surface area contributed by atoms with Gasteiger partial charge >= 0.3 is 5.97 Å². The number of carboxylic acid groups (broad SMARTS) is 1. The number of nitrogens with two attached hydrogens (primary N) is 1. The molecule has 2 aliphatic heterocycles. The Labute approximate surface area is 173 Å². The van der Waals surface area contributed by atoms with Crippen LogP contribution >= 0.6 is 11.8 Å². The van der Waals surface area contributed by atoms with Crippen LogP contribution in [0.3, 0.4) is 0 Å². The number of sulfonamides is 1. The maximum atomic E-state index is 12.3. The highest BCUT2D eigenvalue weighted by Gasteiger charge is 2.59. The smallest absolute Gasteiger partial charge is 0.352 e. The maximum absolute atomic E-state index is 12.3. The van der Waals surface area contributed by atoms with Crippen LogP contribution in [0.2, 0.25) is 0 Å². The van der Waals surface area contributed by atoms with Gasteiger partial charge in [0, 0.05) is 28.7 Å². The number of amides is 1. The highest BCUT2D eigenvalue weighted by Crippen LogP contribution is 2.48. The number of hydrogen-bond donors (Lipinski definition) is 3. The molecule has 11 heteroatoms. The molecule has 0 radical (unpaired) electrons. The first kappa shape index (κ1) is 21.8. The predicted molar refractivity (Wildman–Crippen MR) is 105 cm³/mol. The lowest BCUT2D eigenvalue weighted by Gasteiger charge is -2.46. The van der Waals surface area contributed by atoms with Crippen LogP contribution < -0.4 is 9.71 Å². The highest BCUT2D eigenvalue weighted by molar-refractivity contribution is 7.99. The Balaban J connectivity index is 1.71. The van der Waals surface area contributed by atoms with E-state index in [1.807, 2.05) is 19.1 Å². The van der Waals surface area contributed by atoms with E-state index >= 15 is 0 Å². The van der Waals surface area contributed by atoms with E-state index in [9.17, 15) is 28.2 Å². The zero-order chi connectivity index (χ0) is 21.5. The lowest BCUT2D eigenvalue weighted by atomic mass is 9.78. The molecular formula is C18H24N3O6S2+. The van der Waals surface area contributed by atoms with Crippen molar-refractivity contribution in [2.45, 2.75) is 37.4 Å². The molecule has 1 aromatic rings. The summed E-state index contributed by atoms with van der Waals surface area (Å²) in [5.74, 6) is -1.97. The molecule has 3 rings (SSSR count). The van der Waals surface area contributed by atoms with Crippen molar-refractivity contribution in [1.82, 2.24) is 4.90 Å². The third-order valence-corrected chi connectivity index (χ3v) is 7.22. The van der Waals surface area contributed by atoms with E-state index in [4.69, 9.17) is 5.14 Å². The van der Waals surface area contributed by atoms with Gasteiger partial charge in [-0.05, 0) is 12.5 Å². The molecule has 0 spiro atoms. The molecule has 0 unspecified atom stereocenters. The number of aromatic nitrogens is 1. The van der Waals surface area contributed by atoms with Crippen molar-refractivity contribution in [2.24, 2.45) is 17.0 Å². The Bertz CT molecular complexity index is 958. The van der Waals surface area contributed by atoms with Gasteiger partial charge in [-0.15, -0.1) is 11.8 Å². The van der Waals surface area contributed by atoms with Gasteiger partial charge in [0.25, 0.3) is 0 Å². The van der Waals surface area contributed by atoms with Crippen molar-refractivity contribution < 1.29 is 32.8 Å². The van der Waals surface area contributed by atoms with Crippen LogP contribution in [-0.4, -0.2) is 59.1 Å². The Morgan fingerprint density at radius 2 is 2.00 bits per heavy atom. The summed E-state index contributed by atoms with van der Waals surface area (Å²) in [6.45, 7) is 3.68. The second-order valence-corrected chi connectivity index (χ2v) is 10.1. The van der Waals surface area contributed by atoms with Crippen LogP contribution in [0.15, 0.2) is 40.7 Å². The van der Waals surface area contributed by atoms with Gasteiger partial charge in [0.05, 0.1) is 18.1 Å². The van der Waals surface area contributed by atoms with Gasteiger partial charge in [0.2, 0.25) is 15.9 Å². The number of β-lactam (4-membered cyclic amide) rings is 1. The second-order valence-electron chi connectivity index (χ2n) is 7.36. The van der Waals surface area contributed by atoms with E-state index in [1.54, 1.807) is 23.9 Å². The minimum absolute atomic E-state index is 0.0241. The van der Waals surface area contributed by atoms with E-state index in [1.165, 1.54) is 16.7 Å². The molecule has 0 saturated carbocycles. The third kappa shape index (κ3) is 4.32. The fraction of sp³-hybridized carbons (Fsp3) is 0.500. The number of fused-ring (bicyclic) bond motifs is 1. The lowest BCUT2D eigenvalue weighted by Crippen LogP contribution is -2.63. The first-order valence-corrected chi connectivity index (χ1v) is 11.8. The van der Waals surface area contributed by atoms with Gasteiger partial charge in [-0.25, -0.2) is 22.9 Å². The molecule has 9 nitrogen and oxygen atoms in total. The molecule has 0 aliphatic carbocycles. The Hall–Kier alpha value is -1.95. The van der Waals surface area contributed by atoms with Gasteiger partial charge in [-0.1, -0.05) is 6.92 Å². The van der Waals surface area contributed by atoms with Gasteiger partial charge in [0.15, 0.2) is 18.9 Å². The number of aliphatic hydroxyl groups excluding tert-OH is 1. The molecule has 0 bridgehead atoms. The van der Waals surface area contributed by atoms with E-state index < -0.39 is 28.0 Å². The molecule has 2 aliphatic rings. The molecule has 4 N–H and O–H groups in total. The SMILES string of the molecule is C[C@@H](O)[C@H]1C(=O)N2C(C(=O)O)=C(CSc3cc[n+](CCS(N)(=O)=O)cc3)[C@H](C)[C@H]12. The quantitative estimate of drug-likeness (QED) is 0.281. The first-order valence-electron chi connectivity index (χ1n) is 9.11. The molecule has 0 aromatic carbocycles. The summed E-state index contributed by atoms with van der Waals surface area (Å²) in [7, 11) is -3.53. The summed E-state index contributed by atoms with van der Waals surface area (Å²) in [5.41, 5.74) is 0.700. The Morgan fingerprint density at radius 3 is 2.52 bits per heavy atom. The Morgan fingerprint density at radius 1 is 1.38 bits per heavy atom. The van der Waals surface area contributed by atoms with Gasteiger partial charge in [-0.2, -0.15) is 0 Å². The molecular weight excluding hydrogens is 418 g/mol. The van der Waals surface area contributed by atoms with Crippen molar-refractivity contribution >= 4 is 33.7 Å². The number of carboxylic acids is 1. The van der Waals surface area contributed by atoms with Crippen molar-refractivity contribution in [3.05, 3.63) is 35.8 Å². The second kappa shape index (κ2) is 8.05. The van der Waals surface area contributed by atoms with E-state index in [0.29, 0.717) is 11.3 Å². The summed E-state index contributed by atoms with van der Waals surface area (Å²) < 4.78 is 23.8. The monoisotopic (exact) mass is 442 g/mol. The number of aliphatic carboxylic acids is 1. The number of aryl methyl sites for hydroxylation is 1. The van der Waals surface area contributed by atoms with E-state index in [0.717, 1.165) is 4.90 Å². The predicted octanol–water partition coefficient (Wildman–Crippen LogP) is -0.449. The minimum Gasteiger partial charge on any atom is -0.477 e. The van der Waals surface area contributed by atoms with Gasteiger partial charge in [0.1, 0.15) is 11.4 Å². The lowest BCUT2D eigenvalue weighted by molar-refractivity contribution is -0.692. The van der Waals surface area contributed by atoms with Gasteiger partial charge in [-0.3, -0.25) is 4.79 Å². The average Bonchev–Trinajstić information content (AvgIpc) is 2.87. The van der Waals surface area contributed by atoms with Crippen LogP contribution in [0.5, 0.6) is 0 Å². The number of pyridine rings is 1. The topological polar surface area (TPSA) is 142 Å². The summed E-state index contributed by atoms with van der Waals surface area (Å²) in [5, 5.41) is 24.5. The molecule has 3 heterocycles. The van der Waals surface area contributed by atoms with E-state index in [-0.39, 0.29) is 35.9 Å². The maximum Gasteiger partial charge on any atom is 0.352 e. The number of carbonyl (C=O) groups excluding carboxylic acids is 1. The first-order chi connectivity index (χ1) is 13.5. The molecule has 1 amide bonds. The normalized spacial score (nSPS) is 25.0. The average molecular weight is 443 g/mol. The number of aliphatic hydroxyl groups is 1. The van der Waals surface area contributed by atoms with Crippen LogP contribution in [0.1, 0.15) is 13.8 Å². The minimum atomic E-state index is -3.53. The van der Waals surface area contributed by atoms with E-state index in [2.05, 4.69) is 0 Å². The van der Waals surface area contributed by atoms with Crippen LogP contribution in [0.25, 0.3) is 0 Å². The van der Waals surface area contributed by atoms with Crippen LogP contribution in [-0.2, 0) is 26.2 Å². The molecule has 1 aromatic heterocycles. The van der Waals surface area contributed by atoms with Crippen molar-refractivity contribution in [1.29, 1.82) is 0 Å². The molecule has 1 saturated heterocycles. The number of nitrogens with zero attached hydrogens (tertiary/aromatic N) is 2. The summed E-state index contributed by atoms with van der Waals surface area (Å²) in [6, 6.07) is 3.31. The molecule has 4 atom stereocenters. The number of carbonyl (C=O) groups is 2. The number of rotatable bonds is 8. The highest BCUT2D eigenvalue weighted by atomic mass is 32.2. The van der Waals surface area contributed by atoms with Crippen molar-refractivity contribution in [2.75, 3.05) is 11.5 Å². The van der Waals surface area contributed by atoms with Crippen LogP contribution in [0, 0.1) is 11.8 Å². The standard InChI is InChI=1S/C18H23N3O6S2/c1-10-13(16(18(24)25)21-15(10)14(11(2)22)17(21)23)9-28-12-3-5-20(6-4-12)7-8-29(19,26)27/h3-6,10-11,14-15,22H,7-9H2,1-2H3,(H2-,19,24,25,26,27)/p+1/t10-,11+,14+,15+/m0/s1.